The van der Waals surface area contributed by atoms with E-state index in [0.29, 0.717) is 0 Å². The van der Waals surface area contributed by atoms with Crippen LogP contribution in [0.1, 0.15) is 13.3 Å². The SMILES string of the molecule is CC(O)C(CC(=O)OOC=O)C(=O)OOC=O. The molecule has 9 heteroatoms. The molecule has 0 spiro atoms. The summed E-state index contributed by atoms with van der Waals surface area (Å²) in [7, 11) is 0. The Balaban J connectivity index is 4.32. The first-order chi connectivity index (χ1) is 8.02. The van der Waals surface area contributed by atoms with Crippen LogP contribution < -0.4 is 0 Å². The largest absolute Gasteiger partial charge is 0.393 e. The third-order valence-corrected chi connectivity index (χ3v) is 1.62. The maximum atomic E-state index is 11.2. The van der Waals surface area contributed by atoms with Crippen LogP contribution >= 0.6 is 0 Å². The van der Waals surface area contributed by atoms with E-state index >= 15 is 0 Å². The fourth-order valence-electron chi connectivity index (χ4n) is 0.867. The summed E-state index contributed by atoms with van der Waals surface area (Å²) in [5.41, 5.74) is 0. The van der Waals surface area contributed by atoms with Crippen LogP contribution in [-0.4, -0.2) is 36.1 Å². The van der Waals surface area contributed by atoms with Crippen molar-refractivity contribution in [3.8, 4) is 0 Å². The average molecular weight is 250 g/mol. The maximum Gasteiger partial charge on any atom is 0.361 e. The van der Waals surface area contributed by atoms with Gasteiger partial charge in [-0.25, -0.2) is 19.4 Å². The molecule has 0 aliphatic rings. The summed E-state index contributed by atoms with van der Waals surface area (Å²) >= 11 is 0. The van der Waals surface area contributed by atoms with Gasteiger partial charge in [-0.3, -0.25) is 19.4 Å². The lowest BCUT2D eigenvalue weighted by atomic mass is 10.0. The molecular formula is C8H10O9. The van der Waals surface area contributed by atoms with E-state index in [1.807, 2.05) is 0 Å². The quantitative estimate of drug-likeness (QED) is 0.315. The van der Waals surface area contributed by atoms with Gasteiger partial charge in [0.2, 0.25) is 0 Å². The number of aliphatic hydroxyl groups is 1. The van der Waals surface area contributed by atoms with E-state index in [9.17, 15) is 24.3 Å². The van der Waals surface area contributed by atoms with Gasteiger partial charge in [0, 0.05) is 0 Å². The third-order valence-electron chi connectivity index (χ3n) is 1.62. The zero-order valence-corrected chi connectivity index (χ0v) is 8.73. The third kappa shape index (κ3) is 6.10. The van der Waals surface area contributed by atoms with E-state index in [1.54, 1.807) is 0 Å². The van der Waals surface area contributed by atoms with E-state index in [1.165, 1.54) is 6.92 Å². The molecule has 2 unspecified atom stereocenters. The molecule has 0 fully saturated rings. The van der Waals surface area contributed by atoms with Gasteiger partial charge in [-0.1, -0.05) is 0 Å². The summed E-state index contributed by atoms with van der Waals surface area (Å²) < 4.78 is 0. The van der Waals surface area contributed by atoms with Gasteiger partial charge in [0.05, 0.1) is 18.4 Å². The molecule has 0 saturated heterocycles. The minimum Gasteiger partial charge on any atom is -0.393 e. The lowest BCUT2D eigenvalue weighted by Gasteiger charge is -2.14. The predicted octanol–water partition coefficient (Wildman–Crippen LogP) is -1.36. The van der Waals surface area contributed by atoms with Gasteiger partial charge in [0.25, 0.3) is 0 Å². The normalized spacial score (nSPS) is 12.8. The second-order valence-corrected chi connectivity index (χ2v) is 2.79. The molecule has 0 heterocycles. The van der Waals surface area contributed by atoms with Crippen molar-refractivity contribution in [2.24, 2.45) is 5.92 Å². The van der Waals surface area contributed by atoms with Gasteiger partial charge in [0.15, 0.2) is 0 Å². The second kappa shape index (κ2) is 8.05. The van der Waals surface area contributed by atoms with Crippen molar-refractivity contribution in [1.82, 2.24) is 0 Å². The van der Waals surface area contributed by atoms with Crippen molar-refractivity contribution < 1.29 is 43.8 Å². The highest BCUT2D eigenvalue weighted by Crippen LogP contribution is 2.12. The Kier molecular flexibility index (Phi) is 7.02. The van der Waals surface area contributed by atoms with E-state index < -0.39 is 30.4 Å². The van der Waals surface area contributed by atoms with Crippen molar-refractivity contribution >= 4 is 24.9 Å². The van der Waals surface area contributed by atoms with Crippen molar-refractivity contribution in [2.45, 2.75) is 19.4 Å². The number of carbonyl (C=O) groups excluding carboxylic acids is 4. The first kappa shape index (κ1) is 14.8. The summed E-state index contributed by atoms with van der Waals surface area (Å²) in [6.07, 6.45) is -1.88. The minimum absolute atomic E-state index is 0.136. The fourth-order valence-corrected chi connectivity index (χ4v) is 0.867. The van der Waals surface area contributed by atoms with Gasteiger partial charge in [-0.05, 0) is 6.92 Å². The number of hydrogen-bond acceptors (Lipinski definition) is 9. The number of carbonyl (C=O) groups is 4. The van der Waals surface area contributed by atoms with Crippen LogP contribution in [0.15, 0.2) is 0 Å². The number of aliphatic hydroxyl groups excluding tert-OH is 1. The summed E-state index contributed by atoms with van der Waals surface area (Å²) in [5, 5.41) is 9.19. The molecule has 0 aromatic carbocycles. The first-order valence-corrected chi connectivity index (χ1v) is 4.31. The van der Waals surface area contributed by atoms with E-state index in [0.717, 1.165) is 0 Å². The molecule has 0 rings (SSSR count). The van der Waals surface area contributed by atoms with E-state index in [4.69, 9.17) is 0 Å². The average Bonchev–Trinajstić information content (AvgIpc) is 2.29. The van der Waals surface area contributed by atoms with Gasteiger partial charge in [0.1, 0.15) is 0 Å². The van der Waals surface area contributed by atoms with E-state index in [-0.39, 0.29) is 12.9 Å². The van der Waals surface area contributed by atoms with Crippen LogP contribution in [-0.2, 0) is 38.7 Å². The summed E-state index contributed by atoms with van der Waals surface area (Å²) in [5.74, 6) is -3.54. The Morgan fingerprint density at radius 1 is 1.18 bits per heavy atom. The molecule has 0 bridgehead atoms. The molecule has 2 atom stereocenters. The van der Waals surface area contributed by atoms with Gasteiger partial charge < -0.3 is 5.11 Å². The molecule has 0 aliphatic heterocycles. The predicted molar refractivity (Wildman–Crippen MR) is 46.3 cm³/mol. The fraction of sp³-hybridized carbons (Fsp3) is 0.500. The highest BCUT2D eigenvalue weighted by molar-refractivity contribution is 5.80. The zero-order valence-electron chi connectivity index (χ0n) is 8.73. The maximum absolute atomic E-state index is 11.2. The first-order valence-electron chi connectivity index (χ1n) is 4.31. The van der Waals surface area contributed by atoms with Crippen LogP contribution in [0.2, 0.25) is 0 Å². The Labute approximate surface area is 95.0 Å². The summed E-state index contributed by atoms with van der Waals surface area (Å²) in [6.45, 7) is 0.925. The lowest BCUT2D eigenvalue weighted by Crippen LogP contribution is -2.30. The molecule has 17 heavy (non-hydrogen) atoms. The molecule has 0 amide bonds. The number of hydrogen-bond donors (Lipinski definition) is 1. The van der Waals surface area contributed by atoms with Gasteiger partial charge in [-0.15, -0.1) is 0 Å². The Bertz CT molecular complexity index is 285. The Hall–Kier alpha value is -2.16. The highest BCUT2D eigenvalue weighted by atomic mass is 17.2. The molecular weight excluding hydrogens is 240 g/mol. The second-order valence-electron chi connectivity index (χ2n) is 2.79. The minimum atomic E-state index is -1.32. The molecule has 0 saturated carbocycles. The summed E-state index contributed by atoms with van der Waals surface area (Å²) in [6, 6.07) is 0. The smallest absolute Gasteiger partial charge is 0.361 e. The van der Waals surface area contributed by atoms with Gasteiger partial charge in [-0.2, -0.15) is 0 Å². The van der Waals surface area contributed by atoms with Crippen molar-refractivity contribution in [3.05, 3.63) is 0 Å². The zero-order chi connectivity index (χ0) is 13.3. The molecule has 96 valence electrons. The van der Waals surface area contributed by atoms with Gasteiger partial charge >= 0.3 is 24.9 Å². The van der Waals surface area contributed by atoms with Crippen molar-refractivity contribution in [1.29, 1.82) is 0 Å². The van der Waals surface area contributed by atoms with Crippen LogP contribution in [0.5, 0.6) is 0 Å². The van der Waals surface area contributed by atoms with Crippen molar-refractivity contribution in [3.63, 3.8) is 0 Å². The standard InChI is InChI=1S/C8H10O9/c1-5(11)6(8(13)17-15-4-10)2-7(12)16-14-3-9/h3-6,11H,2H2,1H3. The number of rotatable bonds is 8. The van der Waals surface area contributed by atoms with Crippen molar-refractivity contribution in [2.75, 3.05) is 0 Å². The molecule has 0 aromatic rings. The molecule has 0 radical (unpaired) electrons. The molecule has 0 aromatic heterocycles. The Morgan fingerprint density at radius 3 is 2.18 bits per heavy atom. The lowest BCUT2D eigenvalue weighted by molar-refractivity contribution is -0.258. The molecule has 0 aliphatic carbocycles. The molecule has 9 nitrogen and oxygen atoms in total. The van der Waals surface area contributed by atoms with E-state index in [2.05, 4.69) is 19.6 Å². The van der Waals surface area contributed by atoms with Crippen LogP contribution in [0, 0.1) is 5.92 Å². The topological polar surface area (TPSA) is 125 Å². The monoisotopic (exact) mass is 250 g/mol. The van der Waals surface area contributed by atoms with Crippen LogP contribution in [0.25, 0.3) is 0 Å². The highest BCUT2D eigenvalue weighted by Gasteiger charge is 2.30. The van der Waals surface area contributed by atoms with Crippen LogP contribution in [0.4, 0.5) is 0 Å². The summed E-state index contributed by atoms with van der Waals surface area (Å²) in [4.78, 5) is 56.8. The van der Waals surface area contributed by atoms with Crippen LogP contribution in [0.3, 0.4) is 0 Å². The Morgan fingerprint density at radius 2 is 1.71 bits per heavy atom. The molecule has 1 N–H and O–H groups in total.